The maximum absolute atomic E-state index is 11.2. The minimum Gasteiger partial charge on any atom is -0.482 e. The van der Waals surface area contributed by atoms with Crippen molar-refractivity contribution in [2.75, 3.05) is 19.0 Å². The van der Waals surface area contributed by atoms with E-state index in [9.17, 15) is 14.4 Å². The molecular weight excluding hydrogens is 252 g/mol. The number of carbonyl (C=O) groups excluding carboxylic acids is 2. The lowest BCUT2D eigenvalue weighted by Crippen LogP contribution is -2.32. The molecule has 0 spiro atoms. The number of benzene rings is 1. The maximum atomic E-state index is 11.2. The third-order valence-electron chi connectivity index (χ3n) is 2.63. The lowest BCUT2D eigenvalue weighted by molar-refractivity contribution is -0.155. The van der Waals surface area contributed by atoms with Crippen LogP contribution in [0.15, 0.2) is 18.2 Å². The van der Waals surface area contributed by atoms with E-state index >= 15 is 0 Å². The van der Waals surface area contributed by atoms with Crippen molar-refractivity contribution in [2.45, 2.75) is 6.54 Å². The first kappa shape index (κ1) is 12.9. The first-order valence-corrected chi connectivity index (χ1v) is 5.51. The number of nitrogens with one attached hydrogen (secondary N) is 1. The van der Waals surface area contributed by atoms with Crippen molar-refractivity contribution in [1.82, 2.24) is 4.90 Å². The van der Waals surface area contributed by atoms with Crippen molar-refractivity contribution < 1.29 is 24.2 Å². The standard InChI is InChI=1S/C12H12N2O5/c1-14(11(16)12(17)18)5-7-2-3-9-8(4-7)13-10(15)6-19-9/h2-4H,5-6H2,1H3,(H,13,15)(H,17,18). The van der Waals surface area contributed by atoms with Gasteiger partial charge in [0.15, 0.2) is 6.61 Å². The van der Waals surface area contributed by atoms with Gasteiger partial charge >= 0.3 is 11.9 Å². The molecule has 100 valence electrons. The molecule has 0 saturated heterocycles. The zero-order chi connectivity index (χ0) is 14.0. The van der Waals surface area contributed by atoms with Crippen molar-refractivity contribution in [3.63, 3.8) is 0 Å². The number of carboxylic acids is 1. The molecule has 0 radical (unpaired) electrons. The smallest absolute Gasteiger partial charge is 0.394 e. The Kier molecular flexibility index (Phi) is 3.37. The van der Waals surface area contributed by atoms with Gasteiger partial charge in [-0.2, -0.15) is 0 Å². The lowest BCUT2D eigenvalue weighted by Gasteiger charge is -2.20. The Morgan fingerprint density at radius 3 is 2.89 bits per heavy atom. The molecule has 7 heteroatoms. The van der Waals surface area contributed by atoms with Crippen molar-refractivity contribution in [3.8, 4) is 5.75 Å². The molecule has 1 heterocycles. The van der Waals surface area contributed by atoms with Crippen LogP contribution in [0.3, 0.4) is 0 Å². The van der Waals surface area contributed by atoms with Gasteiger partial charge in [-0.15, -0.1) is 0 Å². The summed E-state index contributed by atoms with van der Waals surface area (Å²) in [5.74, 6) is -2.19. The van der Waals surface area contributed by atoms with Crippen LogP contribution < -0.4 is 10.1 Å². The van der Waals surface area contributed by atoms with Crippen molar-refractivity contribution in [3.05, 3.63) is 23.8 Å². The Morgan fingerprint density at radius 1 is 1.47 bits per heavy atom. The molecule has 0 saturated carbocycles. The number of carbonyl (C=O) groups is 3. The molecule has 1 aliphatic heterocycles. The second kappa shape index (κ2) is 4.97. The Bertz CT molecular complexity index is 555. The van der Waals surface area contributed by atoms with E-state index in [1.165, 1.54) is 7.05 Å². The molecule has 2 rings (SSSR count). The van der Waals surface area contributed by atoms with Crippen LogP contribution in [0.1, 0.15) is 5.56 Å². The number of carboxylic acid groups (broad SMARTS) is 1. The van der Waals surface area contributed by atoms with Gasteiger partial charge in [0.2, 0.25) is 0 Å². The third kappa shape index (κ3) is 2.82. The summed E-state index contributed by atoms with van der Waals surface area (Å²) >= 11 is 0. The molecule has 0 unspecified atom stereocenters. The van der Waals surface area contributed by atoms with Crippen molar-refractivity contribution in [1.29, 1.82) is 0 Å². The number of likely N-dealkylation sites (N-methyl/N-ethyl adjacent to an activating group) is 1. The molecule has 0 bridgehead atoms. The summed E-state index contributed by atoms with van der Waals surface area (Å²) in [4.78, 5) is 34.0. The fourth-order valence-electron chi connectivity index (χ4n) is 1.74. The average Bonchev–Trinajstić information content (AvgIpc) is 2.37. The van der Waals surface area contributed by atoms with E-state index in [1.807, 2.05) is 0 Å². The summed E-state index contributed by atoms with van der Waals surface area (Å²) in [5, 5.41) is 11.2. The molecule has 1 aromatic rings. The zero-order valence-corrected chi connectivity index (χ0v) is 10.2. The second-order valence-corrected chi connectivity index (χ2v) is 4.13. The fourth-order valence-corrected chi connectivity index (χ4v) is 1.74. The largest absolute Gasteiger partial charge is 0.482 e. The van der Waals surface area contributed by atoms with Gasteiger partial charge in [0, 0.05) is 13.6 Å². The van der Waals surface area contributed by atoms with E-state index in [0.29, 0.717) is 17.0 Å². The van der Waals surface area contributed by atoms with Crippen LogP contribution in [0.5, 0.6) is 5.75 Å². The highest BCUT2D eigenvalue weighted by Gasteiger charge is 2.19. The highest BCUT2D eigenvalue weighted by molar-refractivity contribution is 6.31. The number of amides is 2. The fraction of sp³-hybridized carbons (Fsp3) is 0.250. The van der Waals surface area contributed by atoms with Gasteiger partial charge in [-0.05, 0) is 17.7 Å². The van der Waals surface area contributed by atoms with Crippen LogP contribution in [-0.4, -0.2) is 41.4 Å². The zero-order valence-electron chi connectivity index (χ0n) is 10.2. The summed E-state index contributed by atoms with van der Waals surface area (Å²) in [7, 11) is 1.39. The molecule has 2 amide bonds. The van der Waals surface area contributed by atoms with Crippen molar-refractivity contribution >= 4 is 23.5 Å². The maximum Gasteiger partial charge on any atom is 0.394 e. The molecule has 7 nitrogen and oxygen atoms in total. The molecular formula is C12H12N2O5. The third-order valence-corrected chi connectivity index (χ3v) is 2.63. The number of fused-ring (bicyclic) bond motifs is 1. The molecule has 1 aliphatic rings. The van der Waals surface area contributed by atoms with Gasteiger partial charge in [-0.1, -0.05) is 6.07 Å². The monoisotopic (exact) mass is 264 g/mol. The summed E-state index contributed by atoms with van der Waals surface area (Å²) in [6, 6.07) is 5.03. The van der Waals surface area contributed by atoms with Gasteiger partial charge in [0.05, 0.1) is 5.69 Å². The van der Waals surface area contributed by atoms with E-state index in [0.717, 1.165) is 4.90 Å². The Morgan fingerprint density at radius 2 is 2.21 bits per heavy atom. The Labute approximate surface area is 108 Å². The number of rotatable bonds is 2. The van der Waals surface area contributed by atoms with Gasteiger partial charge in [-0.25, -0.2) is 4.79 Å². The van der Waals surface area contributed by atoms with Crippen LogP contribution in [-0.2, 0) is 20.9 Å². The van der Waals surface area contributed by atoms with Crippen LogP contribution >= 0.6 is 0 Å². The van der Waals surface area contributed by atoms with Gasteiger partial charge in [-0.3, -0.25) is 9.59 Å². The first-order valence-electron chi connectivity index (χ1n) is 5.51. The number of hydrogen-bond donors (Lipinski definition) is 2. The number of hydrogen-bond acceptors (Lipinski definition) is 4. The summed E-state index contributed by atoms with van der Waals surface area (Å²) in [5.41, 5.74) is 1.21. The second-order valence-electron chi connectivity index (χ2n) is 4.13. The van der Waals surface area contributed by atoms with Gasteiger partial charge in [0.1, 0.15) is 5.75 Å². The Balaban J connectivity index is 2.14. The van der Waals surface area contributed by atoms with Crippen LogP contribution in [0, 0.1) is 0 Å². The summed E-state index contributed by atoms with van der Waals surface area (Å²) in [6.45, 7) is 0.109. The minimum atomic E-state index is -1.50. The molecule has 0 atom stereocenters. The van der Waals surface area contributed by atoms with Gasteiger partial charge < -0.3 is 20.1 Å². The predicted octanol–water partition coefficient (Wildman–Crippen LogP) is 0.0605. The summed E-state index contributed by atoms with van der Waals surface area (Å²) in [6.07, 6.45) is 0. The number of aliphatic carboxylic acids is 1. The van der Waals surface area contributed by atoms with E-state index in [-0.39, 0.29) is 19.1 Å². The molecule has 1 aromatic carbocycles. The quantitative estimate of drug-likeness (QED) is 0.736. The van der Waals surface area contributed by atoms with E-state index < -0.39 is 11.9 Å². The number of ether oxygens (including phenoxy) is 1. The van der Waals surface area contributed by atoms with E-state index in [1.54, 1.807) is 18.2 Å². The molecule has 2 N–H and O–H groups in total. The van der Waals surface area contributed by atoms with Crippen LogP contribution in [0.2, 0.25) is 0 Å². The normalized spacial score (nSPS) is 13.0. The molecule has 19 heavy (non-hydrogen) atoms. The average molecular weight is 264 g/mol. The molecule has 0 aliphatic carbocycles. The topological polar surface area (TPSA) is 95.9 Å². The summed E-state index contributed by atoms with van der Waals surface area (Å²) < 4.78 is 5.19. The predicted molar refractivity (Wildman–Crippen MR) is 64.7 cm³/mol. The van der Waals surface area contributed by atoms with E-state index in [4.69, 9.17) is 9.84 Å². The van der Waals surface area contributed by atoms with Crippen LogP contribution in [0.25, 0.3) is 0 Å². The van der Waals surface area contributed by atoms with Crippen LogP contribution in [0.4, 0.5) is 5.69 Å². The Hall–Kier alpha value is -2.57. The minimum absolute atomic E-state index is 0.0241. The number of anilines is 1. The number of nitrogens with zero attached hydrogens (tertiary/aromatic N) is 1. The molecule has 0 fully saturated rings. The highest BCUT2D eigenvalue weighted by Crippen LogP contribution is 2.28. The van der Waals surface area contributed by atoms with Crippen molar-refractivity contribution in [2.24, 2.45) is 0 Å². The highest BCUT2D eigenvalue weighted by atomic mass is 16.5. The first-order chi connectivity index (χ1) is 8.97. The van der Waals surface area contributed by atoms with Gasteiger partial charge in [0.25, 0.3) is 5.91 Å². The lowest BCUT2D eigenvalue weighted by atomic mass is 10.1. The van der Waals surface area contributed by atoms with E-state index in [2.05, 4.69) is 5.32 Å². The molecule has 0 aromatic heterocycles. The SMILES string of the molecule is CN(Cc1ccc2c(c1)NC(=O)CO2)C(=O)C(=O)O.